The Kier molecular flexibility index (Phi) is 33.6. The molecule has 6 aliphatic rings. The number of amides is 6. The zero-order valence-electron chi connectivity index (χ0n) is 85.8. The molecule has 0 radical (unpaired) electrons. The molecule has 770 valence electrons. The van der Waals surface area contributed by atoms with E-state index in [1.807, 2.05) is 110 Å². The molecule has 6 N–H and O–H groups in total. The van der Waals surface area contributed by atoms with Crippen LogP contribution in [0, 0.1) is 52.3 Å². The van der Waals surface area contributed by atoms with Crippen molar-refractivity contribution < 1.29 is 58.5 Å². The van der Waals surface area contributed by atoms with Crippen LogP contribution >= 0.6 is 34.0 Å². The van der Waals surface area contributed by atoms with Crippen LogP contribution < -0.4 is 16.0 Å². The molecule has 0 unspecified atom stereocenters. The van der Waals surface area contributed by atoms with Gasteiger partial charge in [-0.3, -0.25) is 43.2 Å². The second-order valence-corrected chi connectivity index (χ2v) is 45.4. The van der Waals surface area contributed by atoms with E-state index in [1.165, 1.54) is 142 Å². The summed E-state index contributed by atoms with van der Waals surface area (Å²) in [5.74, 6) is -1.79. The molecule has 0 spiro atoms. The molecule has 13 aromatic rings. The van der Waals surface area contributed by atoms with E-state index in [0.29, 0.717) is 43.9 Å². The number of nitrogens with zero attached hydrogens (tertiary/aromatic N) is 11. The Morgan fingerprint density at radius 3 is 0.980 bits per heavy atom. The summed E-state index contributed by atoms with van der Waals surface area (Å²) >= 11 is 3.91. The highest BCUT2D eigenvalue weighted by Gasteiger charge is 2.47. The van der Waals surface area contributed by atoms with Gasteiger partial charge in [-0.15, -0.1) is 34.0 Å². The molecular formula is C121H126N14O12S3. The Hall–Kier alpha value is -14.9. The molecular weight excluding hydrogens is 1940 g/mol. The van der Waals surface area contributed by atoms with Crippen molar-refractivity contribution in [3.05, 3.63) is 306 Å². The first kappa shape index (κ1) is 106. The van der Waals surface area contributed by atoms with Crippen LogP contribution in [0.5, 0.6) is 0 Å². The number of carboxylic acids is 3. The summed E-state index contributed by atoms with van der Waals surface area (Å²) in [5.41, 5.74) is 16.2. The fourth-order valence-electron chi connectivity index (χ4n) is 20.1. The summed E-state index contributed by atoms with van der Waals surface area (Å²) in [7, 11) is 0. The predicted octanol–water partition coefficient (Wildman–Crippen LogP) is 21.9. The molecule has 26 nitrogen and oxygen atoms in total. The number of hydrogen-bond donors (Lipinski definition) is 6. The van der Waals surface area contributed by atoms with Gasteiger partial charge in [-0.25, -0.2) is 29.9 Å². The minimum absolute atomic E-state index is 0.0913. The van der Waals surface area contributed by atoms with Gasteiger partial charge in [0.05, 0.1) is 55.4 Å². The number of benzene rings is 7. The Labute approximate surface area is 887 Å². The van der Waals surface area contributed by atoms with E-state index in [-0.39, 0.29) is 93.5 Å². The van der Waals surface area contributed by atoms with Gasteiger partial charge in [-0.2, -0.15) is 10.5 Å². The molecule has 0 bridgehead atoms. The van der Waals surface area contributed by atoms with E-state index in [0.717, 1.165) is 118 Å². The van der Waals surface area contributed by atoms with E-state index in [4.69, 9.17) is 0 Å². The van der Waals surface area contributed by atoms with Gasteiger partial charge in [0, 0.05) is 144 Å². The third-order valence-corrected chi connectivity index (χ3v) is 34.4. The molecule has 7 aromatic carbocycles. The number of carbonyl (C=O) groups is 9. The molecule has 3 aliphatic carbocycles. The van der Waals surface area contributed by atoms with Crippen molar-refractivity contribution in [2.24, 2.45) is 29.6 Å². The minimum Gasteiger partial charge on any atom is -0.481 e. The quantitative estimate of drug-likeness (QED) is 0.0222. The van der Waals surface area contributed by atoms with Crippen molar-refractivity contribution in [1.82, 2.24) is 60.6 Å². The van der Waals surface area contributed by atoms with Crippen molar-refractivity contribution in [3.63, 3.8) is 0 Å². The third kappa shape index (κ3) is 25.8. The highest BCUT2D eigenvalue weighted by Crippen LogP contribution is 2.50. The summed E-state index contributed by atoms with van der Waals surface area (Å²) in [5, 5.41) is 55.7. The Balaban J connectivity index is 0.000000153. The van der Waals surface area contributed by atoms with Crippen molar-refractivity contribution in [1.29, 1.82) is 10.5 Å². The Morgan fingerprint density at radius 2 is 0.673 bits per heavy atom. The molecule has 6 aromatic heterocycles. The number of carboxylic acid groups (broad SMARTS) is 3. The van der Waals surface area contributed by atoms with Crippen molar-refractivity contribution in [2.45, 2.75) is 211 Å². The summed E-state index contributed by atoms with van der Waals surface area (Å²) in [6.07, 6.45) is 28.7. The molecule has 3 saturated carbocycles. The van der Waals surface area contributed by atoms with Crippen LogP contribution in [0.4, 0.5) is 0 Å². The van der Waals surface area contributed by atoms with Gasteiger partial charge in [0.25, 0.3) is 17.7 Å². The van der Waals surface area contributed by atoms with Crippen LogP contribution in [0.15, 0.2) is 243 Å². The van der Waals surface area contributed by atoms with Crippen molar-refractivity contribution in [2.75, 3.05) is 39.3 Å². The van der Waals surface area contributed by atoms with E-state index in [9.17, 15) is 69.0 Å². The number of aromatic nitrogens is 6. The maximum absolute atomic E-state index is 13.5. The SMILES string of the molecule is CCC1CCC(c2ccc(-c3cnc(-c4ccc(C[C@H](NC(=O)c5ccc(C6(C#N)CC6)s5)C(=O)N5CC(C(=O)O)C5)cc4)nc3)cc2)CC1.CCCC1CCC(c2ccc(-c3cnc(-c4ccc(C[C@H](NC(=O)c5ccc(C(C)(C)C)s5)C(=O)N5CC(C(=O)O)C5)cc4)nc3)cc2)CC1.CCc1ccc(-c2ccc(-c3cnc(-c4ccc(C[C@H](NC(=O)c5ccc(C(C)(C)C#N)s5)C(=O)N5CC(C(=O)O)C5)cc4)nc3)cc2)cc1. The van der Waals surface area contributed by atoms with Gasteiger partial charge >= 0.3 is 17.9 Å². The first-order valence-electron chi connectivity index (χ1n) is 52.0. The number of nitriles is 2. The van der Waals surface area contributed by atoms with Crippen LogP contribution in [0.25, 0.3) is 78.7 Å². The second-order valence-electron chi connectivity index (χ2n) is 42.2. The van der Waals surface area contributed by atoms with E-state index in [2.05, 4.69) is 197 Å². The second kappa shape index (κ2) is 47.3. The standard InChI is InChI=1S/C41H48N4O4S.C40H41N5O4S.C40H37N5O4S/c1-5-6-26-7-11-28(12-8-26)29-15-17-30(18-16-29)32-22-42-37(43-23-32)31-13-9-27(10-14-31)21-34(39(47)45-24-33(25-45)40(48)49)44-38(46)35-19-20-36(50-35)41(2,3)4;1-2-25-3-7-27(8-4-25)28-11-13-29(14-12-28)31-20-42-36(43-21-31)30-9-5-26(6-10-30)19-33(38(47)45-22-32(23-45)39(48)49)44-37(46)34-15-16-35(50-34)40(24-41)17-18-40;1-4-25-5-9-27(10-6-25)28-13-15-29(16-14-28)31-20-42-36(43-21-31)30-11-7-26(8-12-30)19-33(38(47)45-22-32(23-45)39(48)49)44-37(46)34-17-18-35(50-34)40(2,3)24-41/h9-10,13-20,22-23,26,28,33-34H,5-8,11-12,21,24-25H2,1-4H3,(H,44,46)(H,48,49);5-6,9-16,20-21,25,27,32-33H,2-4,7-8,17-19,22-23H2,1H3,(H,44,46)(H,48,49);5-18,20-21,32-33H,4,19,22-23H2,1-3H3,(H,44,46)(H,48,49)/t26?,28?,34-;25?,27?,33-;33-/m000/s1. The zero-order chi connectivity index (χ0) is 106. The monoisotopic (exact) mass is 2060 g/mol. The molecule has 6 amide bonds. The zero-order valence-corrected chi connectivity index (χ0v) is 88.2. The molecule has 19 rings (SSSR count). The van der Waals surface area contributed by atoms with Gasteiger partial charge in [0.15, 0.2) is 17.5 Å². The average molecular weight is 2060 g/mol. The fourth-order valence-corrected chi connectivity index (χ4v) is 23.1. The lowest BCUT2D eigenvalue weighted by Crippen LogP contribution is -2.59. The summed E-state index contributed by atoms with van der Waals surface area (Å²) in [6.45, 7) is 17.3. The first-order chi connectivity index (χ1) is 72.3. The topological polar surface area (TPSA) is 385 Å². The summed E-state index contributed by atoms with van der Waals surface area (Å²) in [6, 6.07) is 70.1. The molecule has 6 fully saturated rings. The van der Waals surface area contributed by atoms with Crippen LogP contribution in [-0.2, 0) is 70.7 Å². The van der Waals surface area contributed by atoms with Gasteiger partial charge in [0.1, 0.15) is 18.1 Å². The number of likely N-dealkylation sites (tertiary alicyclic amines) is 3. The number of nitrogens with one attached hydrogen (secondary N) is 3. The molecule has 3 saturated heterocycles. The summed E-state index contributed by atoms with van der Waals surface area (Å²) in [4.78, 5) is 151. The lowest BCUT2D eigenvalue weighted by atomic mass is 9.77. The Morgan fingerprint density at radius 1 is 0.373 bits per heavy atom. The first-order valence-corrected chi connectivity index (χ1v) is 54.5. The molecule has 150 heavy (non-hydrogen) atoms. The average Bonchev–Trinajstić information content (AvgIpc) is 1.60. The molecule has 29 heteroatoms. The normalized spacial score (nSPS) is 17.5. The predicted molar refractivity (Wildman–Crippen MR) is 583 cm³/mol. The maximum Gasteiger partial charge on any atom is 0.310 e. The molecule has 9 heterocycles. The lowest BCUT2D eigenvalue weighted by Gasteiger charge is -2.38. The maximum atomic E-state index is 13.5. The highest BCUT2D eigenvalue weighted by atomic mass is 32.1. The van der Waals surface area contributed by atoms with Crippen LogP contribution in [0.3, 0.4) is 0 Å². The highest BCUT2D eigenvalue weighted by molar-refractivity contribution is 7.15. The fraction of sp³-hybridized carbons (Fsp3) is 0.364. The smallest absolute Gasteiger partial charge is 0.310 e. The van der Waals surface area contributed by atoms with Crippen LogP contribution in [0.1, 0.15) is 228 Å². The van der Waals surface area contributed by atoms with Gasteiger partial charge in [-0.1, -0.05) is 231 Å². The summed E-state index contributed by atoms with van der Waals surface area (Å²) < 4.78 is 0. The van der Waals surface area contributed by atoms with Gasteiger partial charge < -0.3 is 46.0 Å². The lowest BCUT2D eigenvalue weighted by molar-refractivity contribution is -0.155. The van der Waals surface area contributed by atoms with Crippen molar-refractivity contribution >= 4 is 87.4 Å². The number of aliphatic carboxylic acids is 3. The van der Waals surface area contributed by atoms with E-state index < -0.39 is 70.5 Å². The van der Waals surface area contributed by atoms with Crippen LogP contribution in [0.2, 0.25) is 0 Å². The molecule has 3 aliphatic heterocycles. The van der Waals surface area contributed by atoms with Crippen LogP contribution in [-0.4, -0.2) is 171 Å². The van der Waals surface area contributed by atoms with E-state index in [1.54, 1.807) is 50.5 Å². The Bertz CT molecular complexity index is 7060. The number of rotatable bonds is 33. The minimum atomic E-state index is -0.946. The molecule has 3 atom stereocenters. The van der Waals surface area contributed by atoms with E-state index >= 15 is 0 Å². The third-order valence-electron chi connectivity index (χ3n) is 30.2. The van der Waals surface area contributed by atoms with Gasteiger partial charge in [-0.05, 0) is 211 Å². The number of thiophene rings is 3. The van der Waals surface area contributed by atoms with Crippen molar-refractivity contribution in [3.8, 4) is 90.8 Å². The largest absolute Gasteiger partial charge is 0.481 e. The number of hydrogen-bond acceptors (Lipinski definition) is 20. The number of aryl methyl sites for hydroxylation is 1. The number of carbonyl (C=O) groups excluding carboxylic acids is 6. The van der Waals surface area contributed by atoms with Gasteiger partial charge in [0.2, 0.25) is 17.7 Å².